The van der Waals surface area contributed by atoms with Crippen molar-refractivity contribution in [3.8, 4) is 0 Å². The normalized spacial score (nSPS) is 15.0. The maximum atomic E-state index is 12.0. The monoisotopic (exact) mass is 214 g/mol. The molecule has 0 saturated heterocycles. The van der Waals surface area contributed by atoms with Gasteiger partial charge in [-0.2, -0.15) is 0 Å². The van der Waals surface area contributed by atoms with Gasteiger partial charge in [0.1, 0.15) is 0 Å². The molecule has 0 heterocycles. The molecule has 0 amide bonds. The van der Waals surface area contributed by atoms with E-state index >= 15 is 0 Å². The van der Waals surface area contributed by atoms with Crippen molar-refractivity contribution in [1.82, 2.24) is 0 Å². The van der Waals surface area contributed by atoms with E-state index in [1.54, 1.807) is 0 Å². The van der Waals surface area contributed by atoms with Crippen molar-refractivity contribution in [3.63, 3.8) is 0 Å². The average Bonchev–Trinajstić information content (AvgIpc) is 2.68. The van der Waals surface area contributed by atoms with Gasteiger partial charge >= 0.3 is 0 Å². The summed E-state index contributed by atoms with van der Waals surface area (Å²) in [7, 11) is 0. The topological polar surface area (TPSA) is 17.1 Å². The van der Waals surface area contributed by atoms with E-state index in [1.165, 1.54) is 11.1 Å². The van der Waals surface area contributed by atoms with Gasteiger partial charge in [-0.15, -0.1) is 0 Å². The molecule has 1 aromatic rings. The minimum absolute atomic E-state index is 0.308. The largest absolute Gasteiger partial charge is 0.294 e. The zero-order chi connectivity index (χ0) is 11.5. The van der Waals surface area contributed by atoms with Crippen LogP contribution in [-0.2, 0) is 11.2 Å². The van der Waals surface area contributed by atoms with E-state index in [1.807, 2.05) is 0 Å². The third-order valence-corrected chi connectivity index (χ3v) is 3.05. The first-order chi connectivity index (χ1) is 7.65. The molecule has 1 aliphatic carbocycles. The third-order valence-electron chi connectivity index (χ3n) is 3.05. The molecule has 1 nitrogen and oxygen atoms in total. The van der Waals surface area contributed by atoms with Crippen LogP contribution in [0.5, 0.6) is 0 Å². The number of rotatable bonds is 3. The van der Waals surface area contributed by atoms with Gasteiger partial charge in [0.15, 0.2) is 5.78 Å². The van der Waals surface area contributed by atoms with Gasteiger partial charge in [0.25, 0.3) is 0 Å². The molecule has 16 heavy (non-hydrogen) atoms. The predicted octanol–water partition coefficient (Wildman–Crippen LogP) is 3.53. The van der Waals surface area contributed by atoms with Crippen molar-refractivity contribution in [1.29, 1.82) is 0 Å². The number of carbonyl (C=O) groups excluding carboxylic acids is 1. The van der Waals surface area contributed by atoms with Crippen LogP contribution in [0, 0.1) is 13.8 Å². The van der Waals surface area contributed by atoms with Crippen molar-refractivity contribution in [2.45, 2.75) is 39.5 Å². The lowest BCUT2D eigenvalue weighted by Gasteiger charge is -2.05. The zero-order valence-electron chi connectivity index (χ0n) is 10.0. The van der Waals surface area contributed by atoms with Gasteiger partial charge in [-0.3, -0.25) is 4.79 Å². The molecule has 0 saturated carbocycles. The van der Waals surface area contributed by atoms with Crippen LogP contribution in [0.25, 0.3) is 0 Å². The van der Waals surface area contributed by atoms with E-state index in [0.29, 0.717) is 12.2 Å². The lowest BCUT2D eigenvalue weighted by atomic mass is 9.99. The molecule has 0 fully saturated rings. The molecule has 0 N–H and O–H groups in total. The smallest absolute Gasteiger partial charge is 0.162 e. The van der Waals surface area contributed by atoms with Crippen LogP contribution >= 0.6 is 0 Å². The number of carbonyl (C=O) groups is 1. The molecular weight excluding hydrogens is 196 g/mol. The SMILES string of the molecule is Cc1cc(C)cc(CC(=O)C2=CCCC2)c1. The van der Waals surface area contributed by atoms with Crippen LogP contribution in [0.4, 0.5) is 0 Å². The molecule has 0 bridgehead atoms. The van der Waals surface area contributed by atoms with E-state index in [4.69, 9.17) is 0 Å². The van der Waals surface area contributed by atoms with Crippen LogP contribution in [-0.4, -0.2) is 5.78 Å². The zero-order valence-corrected chi connectivity index (χ0v) is 10.0. The van der Waals surface area contributed by atoms with Gasteiger partial charge in [0.2, 0.25) is 0 Å². The van der Waals surface area contributed by atoms with E-state index in [-0.39, 0.29) is 0 Å². The summed E-state index contributed by atoms with van der Waals surface area (Å²) in [5.41, 5.74) is 4.67. The van der Waals surface area contributed by atoms with Gasteiger partial charge in [-0.1, -0.05) is 35.4 Å². The molecule has 0 atom stereocenters. The summed E-state index contributed by atoms with van der Waals surface area (Å²) in [6, 6.07) is 6.36. The van der Waals surface area contributed by atoms with Crippen LogP contribution in [0.1, 0.15) is 36.0 Å². The van der Waals surface area contributed by atoms with Gasteiger partial charge in [0.05, 0.1) is 0 Å². The first kappa shape index (κ1) is 11.1. The molecule has 0 spiro atoms. The van der Waals surface area contributed by atoms with Crippen LogP contribution in [0.3, 0.4) is 0 Å². The number of Topliss-reactive ketones (excluding diaryl/α,β-unsaturated/α-hetero) is 1. The van der Waals surface area contributed by atoms with Crippen molar-refractivity contribution in [3.05, 3.63) is 46.5 Å². The van der Waals surface area contributed by atoms with Crippen molar-refractivity contribution in [2.75, 3.05) is 0 Å². The van der Waals surface area contributed by atoms with E-state index in [0.717, 1.165) is 30.4 Å². The Balaban J connectivity index is 2.11. The number of allylic oxidation sites excluding steroid dienone is 2. The highest BCUT2D eigenvalue weighted by atomic mass is 16.1. The molecule has 0 aliphatic heterocycles. The highest BCUT2D eigenvalue weighted by Crippen LogP contribution is 2.20. The van der Waals surface area contributed by atoms with E-state index in [2.05, 4.69) is 38.1 Å². The maximum Gasteiger partial charge on any atom is 0.162 e. The van der Waals surface area contributed by atoms with Crippen molar-refractivity contribution < 1.29 is 4.79 Å². The number of aryl methyl sites for hydroxylation is 2. The molecule has 2 rings (SSSR count). The predicted molar refractivity (Wildman–Crippen MR) is 66.6 cm³/mol. The minimum atomic E-state index is 0.308. The van der Waals surface area contributed by atoms with Crippen LogP contribution in [0.2, 0.25) is 0 Å². The maximum absolute atomic E-state index is 12.0. The van der Waals surface area contributed by atoms with Gasteiger partial charge in [0, 0.05) is 6.42 Å². The molecule has 0 aromatic heterocycles. The number of benzene rings is 1. The Morgan fingerprint density at radius 2 is 1.88 bits per heavy atom. The van der Waals surface area contributed by atoms with Crippen molar-refractivity contribution in [2.24, 2.45) is 0 Å². The highest BCUT2D eigenvalue weighted by molar-refractivity contribution is 5.97. The van der Waals surface area contributed by atoms with Gasteiger partial charge < -0.3 is 0 Å². The standard InChI is InChI=1S/C15H18O/c1-11-7-12(2)9-13(8-11)10-15(16)14-5-3-4-6-14/h5,7-9H,3-4,6,10H2,1-2H3. The number of hydrogen-bond donors (Lipinski definition) is 0. The summed E-state index contributed by atoms with van der Waals surface area (Å²) in [5.74, 6) is 0.308. The minimum Gasteiger partial charge on any atom is -0.294 e. The van der Waals surface area contributed by atoms with Gasteiger partial charge in [-0.25, -0.2) is 0 Å². The van der Waals surface area contributed by atoms with Crippen molar-refractivity contribution >= 4 is 5.78 Å². The average molecular weight is 214 g/mol. The fourth-order valence-corrected chi connectivity index (χ4v) is 2.39. The fraction of sp³-hybridized carbons (Fsp3) is 0.400. The third kappa shape index (κ3) is 2.60. The number of hydrogen-bond acceptors (Lipinski definition) is 1. The Labute approximate surface area is 97.2 Å². The van der Waals surface area contributed by atoms with E-state index < -0.39 is 0 Å². The summed E-state index contributed by atoms with van der Waals surface area (Å²) in [5, 5.41) is 0. The first-order valence-electron chi connectivity index (χ1n) is 5.94. The molecule has 84 valence electrons. The Hall–Kier alpha value is -1.37. The molecule has 1 heteroatoms. The van der Waals surface area contributed by atoms with Gasteiger partial charge in [-0.05, 0) is 44.2 Å². The summed E-state index contributed by atoms with van der Waals surface area (Å²) in [6.07, 6.45) is 5.87. The second-order valence-corrected chi connectivity index (χ2v) is 4.72. The van der Waals surface area contributed by atoms with Crippen LogP contribution < -0.4 is 0 Å². The summed E-state index contributed by atoms with van der Waals surface area (Å²) in [6.45, 7) is 4.16. The fourth-order valence-electron chi connectivity index (χ4n) is 2.39. The first-order valence-corrected chi connectivity index (χ1v) is 5.94. The van der Waals surface area contributed by atoms with E-state index in [9.17, 15) is 4.79 Å². The summed E-state index contributed by atoms with van der Waals surface area (Å²) >= 11 is 0. The Bertz CT molecular complexity index is 420. The summed E-state index contributed by atoms with van der Waals surface area (Å²) in [4.78, 5) is 12.0. The quantitative estimate of drug-likeness (QED) is 0.752. The molecule has 0 radical (unpaired) electrons. The Kier molecular flexibility index (Phi) is 3.23. The second-order valence-electron chi connectivity index (χ2n) is 4.72. The molecule has 1 aliphatic rings. The highest BCUT2D eigenvalue weighted by Gasteiger charge is 2.13. The lowest BCUT2D eigenvalue weighted by Crippen LogP contribution is -2.05. The molecule has 0 unspecified atom stereocenters. The molecule has 1 aromatic carbocycles. The number of ketones is 1. The molecular formula is C15H18O. The Morgan fingerprint density at radius 1 is 1.19 bits per heavy atom. The summed E-state index contributed by atoms with van der Waals surface area (Å²) < 4.78 is 0. The lowest BCUT2D eigenvalue weighted by molar-refractivity contribution is -0.115. The Morgan fingerprint density at radius 3 is 2.44 bits per heavy atom. The second kappa shape index (κ2) is 4.65. The van der Waals surface area contributed by atoms with Crippen LogP contribution in [0.15, 0.2) is 29.8 Å².